The van der Waals surface area contributed by atoms with Gasteiger partial charge < -0.3 is 10.2 Å². The molecular weight excluding hydrogens is 304 g/mol. The Morgan fingerprint density at radius 1 is 1.29 bits per heavy atom. The van der Waals surface area contributed by atoms with E-state index in [0.717, 1.165) is 38.2 Å². The maximum absolute atomic E-state index is 12.6. The van der Waals surface area contributed by atoms with Crippen molar-refractivity contribution in [2.75, 3.05) is 18.4 Å². The second-order valence-electron chi connectivity index (χ2n) is 6.84. The van der Waals surface area contributed by atoms with Gasteiger partial charge in [0.25, 0.3) is 5.91 Å². The molecule has 0 radical (unpaired) electrons. The highest BCUT2D eigenvalue weighted by Crippen LogP contribution is 2.49. The molecule has 1 amide bonds. The van der Waals surface area contributed by atoms with E-state index in [0.29, 0.717) is 17.4 Å². The number of rotatable bonds is 3. The number of carbonyl (C=O) groups is 1. The van der Waals surface area contributed by atoms with Crippen LogP contribution in [-0.2, 0) is 0 Å². The third kappa shape index (κ3) is 2.81. The molecule has 0 aromatic carbocycles. The second kappa shape index (κ2) is 5.81. The first kappa shape index (κ1) is 15.0. The van der Waals surface area contributed by atoms with Crippen LogP contribution < -0.4 is 5.32 Å². The van der Waals surface area contributed by atoms with Crippen molar-refractivity contribution in [1.29, 1.82) is 0 Å². The van der Waals surface area contributed by atoms with E-state index in [9.17, 15) is 4.79 Å². The first-order chi connectivity index (χ1) is 11.6. The molecule has 1 saturated heterocycles. The Morgan fingerprint density at radius 2 is 2.08 bits per heavy atom. The van der Waals surface area contributed by atoms with E-state index in [1.54, 1.807) is 24.9 Å². The zero-order valence-electron chi connectivity index (χ0n) is 13.6. The van der Waals surface area contributed by atoms with E-state index in [4.69, 9.17) is 0 Å². The number of nitrogens with zero attached hydrogens (tertiary/aromatic N) is 5. The zero-order valence-corrected chi connectivity index (χ0v) is 13.6. The molecule has 2 aliphatic rings. The van der Waals surface area contributed by atoms with Crippen molar-refractivity contribution in [3.8, 4) is 0 Å². The molecule has 2 aromatic rings. The minimum atomic E-state index is 0.0408. The molecule has 4 rings (SSSR count). The van der Waals surface area contributed by atoms with E-state index >= 15 is 0 Å². The van der Waals surface area contributed by atoms with Gasteiger partial charge in [0.15, 0.2) is 0 Å². The summed E-state index contributed by atoms with van der Waals surface area (Å²) in [6.07, 6.45) is 9.75. The monoisotopic (exact) mass is 324 g/mol. The largest absolute Gasteiger partial charge is 0.367 e. The van der Waals surface area contributed by atoms with Crippen molar-refractivity contribution in [2.24, 2.45) is 5.41 Å². The summed E-state index contributed by atoms with van der Waals surface area (Å²) in [6, 6.07) is 2.31. The second-order valence-corrected chi connectivity index (χ2v) is 6.84. The summed E-state index contributed by atoms with van der Waals surface area (Å²) in [5.74, 6) is 1.59. The van der Waals surface area contributed by atoms with Gasteiger partial charge in [-0.05, 0) is 37.7 Å². The predicted molar refractivity (Wildman–Crippen MR) is 88.4 cm³/mol. The van der Waals surface area contributed by atoms with Gasteiger partial charge in [-0.25, -0.2) is 19.9 Å². The van der Waals surface area contributed by atoms with E-state index < -0.39 is 0 Å². The maximum Gasteiger partial charge on any atom is 0.257 e. The Balaban J connectivity index is 1.34. The van der Waals surface area contributed by atoms with Crippen LogP contribution in [-0.4, -0.2) is 49.9 Å². The Bertz CT molecular complexity index is 727. The fraction of sp³-hybridized carbons (Fsp3) is 0.471. The topological polar surface area (TPSA) is 83.9 Å². The molecule has 124 valence electrons. The summed E-state index contributed by atoms with van der Waals surface area (Å²) in [6.45, 7) is 3.45. The van der Waals surface area contributed by atoms with E-state index in [1.807, 2.05) is 17.9 Å². The van der Waals surface area contributed by atoms with E-state index in [-0.39, 0.29) is 11.3 Å². The van der Waals surface area contributed by atoms with Crippen LogP contribution in [0, 0.1) is 12.3 Å². The Hall–Kier alpha value is -2.57. The number of hydrogen-bond acceptors (Lipinski definition) is 6. The zero-order chi connectivity index (χ0) is 16.6. The summed E-state index contributed by atoms with van der Waals surface area (Å²) < 4.78 is 0. The van der Waals surface area contributed by atoms with Crippen LogP contribution in [0.25, 0.3) is 0 Å². The summed E-state index contributed by atoms with van der Waals surface area (Å²) in [4.78, 5) is 30.9. The number of likely N-dealkylation sites (tertiary alicyclic amines) is 1. The van der Waals surface area contributed by atoms with Crippen LogP contribution in [0.1, 0.15) is 35.4 Å². The van der Waals surface area contributed by atoms with Gasteiger partial charge in [0.1, 0.15) is 18.0 Å². The Kier molecular flexibility index (Phi) is 3.63. The molecule has 1 aliphatic carbocycles. The lowest BCUT2D eigenvalue weighted by Gasteiger charge is -2.45. The molecule has 7 nitrogen and oxygen atoms in total. The van der Waals surface area contributed by atoms with Crippen LogP contribution in [0.15, 0.2) is 31.0 Å². The fourth-order valence-corrected chi connectivity index (χ4v) is 3.80. The lowest BCUT2D eigenvalue weighted by molar-refractivity contribution is 0.0715. The van der Waals surface area contributed by atoms with Crippen LogP contribution in [0.4, 0.5) is 5.82 Å². The average molecular weight is 324 g/mol. The molecular formula is C17H20N6O. The molecule has 1 aliphatic heterocycles. The average Bonchev–Trinajstić information content (AvgIpc) is 3.01. The Morgan fingerprint density at radius 3 is 2.79 bits per heavy atom. The van der Waals surface area contributed by atoms with Crippen molar-refractivity contribution < 1.29 is 4.79 Å². The number of amides is 1. The molecule has 1 spiro atoms. The third-order valence-corrected chi connectivity index (χ3v) is 5.05. The third-order valence-electron chi connectivity index (χ3n) is 5.05. The molecule has 2 fully saturated rings. The predicted octanol–water partition coefficient (Wildman–Crippen LogP) is 1.68. The molecule has 0 atom stereocenters. The summed E-state index contributed by atoms with van der Waals surface area (Å²) in [5.41, 5.74) is 0.832. The highest BCUT2D eigenvalue weighted by Gasteiger charge is 2.49. The van der Waals surface area contributed by atoms with Gasteiger partial charge in [-0.15, -0.1) is 0 Å². The van der Waals surface area contributed by atoms with Crippen molar-refractivity contribution in [1.82, 2.24) is 24.8 Å². The van der Waals surface area contributed by atoms with Crippen LogP contribution >= 0.6 is 0 Å². The minimum absolute atomic E-state index is 0.0408. The maximum atomic E-state index is 12.6. The molecule has 2 aromatic heterocycles. The fourth-order valence-electron chi connectivity index (χ4n) is 3.80. The van der Waals surface area contributed by atoms with Gasteiger partial charge in [-0.2, -0.15) is 0 Å². The first-order valence-electron chi connectivity index (χ1n) is 8.24. The number of carbonyl (C=O) groups excluding carboxylic acids is 1. The molecule has 0 unspecified atom stereocenters. The molecule has 3 heterocycles. The highest BCUT2D eigenvalue weighted by molar-refractivity contribution is 5.93. The lowest BCUT2D eigenvalue weighted by Crippen LogP contribution is -2.47. The smallest absolute Gasteiger partial charge is 0.257 e. The summed E-state index contributed by atoms with van der Waals surface area (Å²) in [5, 5.41) is 3.44. The van der Waals surface area contributed by atoms with Gasteiger partial charge in [0.2, 0.25) is 0 Å². The quantitative estimate of drug-likeness (QED) is 0.925. The number of hydrogen-bond donors (Lipinski definition) is 1. The van der Waals surface area contributed by atoms with Gasteiger partial charge in [-0.3, -0.25) is 4.79 Å². The van der Waals surface area contributed by atoms with E-state index in [2.05, 4.69) is 25.3 Å². The minimum Gasteiger partial charge on any atom is -0.367 e. The number of aryl methyl sites for hydroxylation is 1. The lowest BCUT2D eigenvalue weighted by atomic mass is 9.65. The van der Waals surface area contributed by atoms with E-state index in [1.165, 1.54) is 0 Å². The molecule has 1 saturated carbocycles. The molecule has 0 bridgehead atoms. The first-order valence-corrected chi connectivity index (χ1v) is 8.24. The number of aromatic nitrogens is 4. The van der Waals surface area contributed by atoms with Crippen molar-refractivity contribution in [3.05, 3.63) is 42.4 Å². The standard InChI is InChI=1S/C17H20N6O/c1-12-19-8-13(9-20-12)16(24)23-5-3-17(10-23)6-14(7-17)22-15-2-4-18-11-21-15/h2,4,8-9,11,14H,3,5-7,10H2,1H3,(H,18,21,22). The SMILES string of the molecule is Cc1ncc(C(=O)N2CCC3(CC(Nc4ccncn4)C3)C2)cn1. The number of anilines is 1. The van der Waals surface area contributed by atoms with Crippen LogP contribution in [0.5, 0.6) is 0 Å². The van der Waals surface area contributed by atoms with Gasteiger partial charge in [0, 0.05) is 37.7 Å². The van der Waals surface area contributed by atoms with Gasteiger partial charge in [0.05, 0.1) is 5.56 Å². The molecule has 1 N–H and O–H groups in total. The Labute approximate surface area is 140 Å². The molecule has 7 heteroatoms. The van der Waals surface area contributed by atoms with Gasteiger partial charge in [-0.1, -0.05) is 0 Å². The number of nitrogens with one attached hydrogen (secondary N) is 1. The van der Waals surface area contributed by atoms with Crippen molar-refractivity contribution >= 4 is 11.7 Å². The van der Waals surface area contributed by atoms with Crippen LogP contribution in [0.2, 0.25) is 0 Å². The van der Waals surface area contributed by atoms with Crippen LogP contribution in [0.3, 0.4) is 0 Å². The van der Waals surface area contributed by atoms with Gasteiger partial charge >= 0.3 is 0 Å². The highest BCUT2D eigenvalue weighted by atomic mass is 16.2. The summed E-state index contributed by atoms with van der Waals surface area (Å²) >= 11 is 0. The summed E-state index contributed by atoms with van der Waals surface area (Å²) in [7, 11) is 0. The molecule has 24 heavy (non-hydrogen) atoms. The van der Waals surface area contributed by atoms with Crippen molar-refractivity contribution in [2.45, 2.75) is 32.2 Å². The normalized spacial score (nSPS) is 25.5. The van der Waals surface area contributed by atoms with Crippen molar-refractivity contribution in [3.63, 3.8) is 0 Å².